The van der Waals surface area contributed by atoms with Gasteiger partial charge in [-0.05, 0) is 54.4 Å². The van der Waals surface area contributed by atoms with E-state index >= 15 is 0 Å². The van der Waals surface area contributed by atoms with Crippen molar-refractivity contribution in [1.29, 1.82) is 0 Å². The highest BCUT2D eigenvalue weighted by atomic mass is 35.5. The molecule has 0 spiro atoms. The lowest BCUT2D eigenvalue weighted by Gasteiger charge is -2.19. The van der Waals surface area contributed by atoms with Crippen molar-refractivity contribution >= 4 is 56.4 Å². The first-order chi connectivity index (χ1) is 14.2. The lowest BCUT2D eigenvalue weighted by molar-refractivity contribution is -0.117. The Bertz CT molecular complexity index is 1140. The monoisotopic (exact) mass is 482 g/mol. The molecule has 9 heteroatoms. The molecule has 30 heavy (non-hydrogen) atoms. The Balaban J connectivity index is 1.88. The number of anilines is 1. The van der Waals surface area contributed by atoms with Gasteiger partial charge in [0.25, 0.3) is 0 Å². The second-order valence-corrected chi connectivity index (χ2v) is 9.42. The second kappa shape index (κ2) is 9.81. The van der Waals surface area contributed by atoms with Gasteiger partial charge in [0.15, 0.2) is 0 Å². The van der Waals surface area contributed by atoms with E-state index < -0.39 is 22.0 Å². The van der Waals surface area contributed by atoms with E-state index in [9.17, 15) is 13.2 Å². The van der Waals surface area contributed by atoms with Crippen LogP contribution in [0.4, 0.5) is 5.69 Å². The molecule has 0 saturated heterocycles. The number of hydrogen-bond donors (Lipinski definition) is 2. The van der Waals surface area contributed by atoms with Crippen LogP contribution >= 0.6 is 34.8 Å². The maximum Gasteiger partial charge on any atom is 0.242 e. The van der Waals surface area contributed by atoms with Gasteiger partial charge >= 0.3 is 0 Å². The van der Waals surface area contributed by atoms with Crippen LogP contribution in [0, 0.1) is 0 Å². The number of carbonyl (C=O) groups excluding carboxylic acids is 1. The Hall–Kier alpha value is -2.09. The average Bonchev–Trinajstić information content (AvgIpc) is 2.71. The number of sulfonamides is 1. The third-order valence-corrected chi connectivity index (χ3v) is 6.51. The van der Waals surface area contributed by atoms with Crippen LogP contribution in [-0.2, 0) is 21.2 Å². The lowest BCUT2D eigenvalue weighted by atomic mass is 10.1. The molecule has 0 aliphatic carbocycles. The first-order valence-electron chi connectivity index (χ1n) is 8.82. The van der Waals surface area contributed by atoms with E-state index in [-0.39, 0.29) is 22.0 Å². The second-order valence-electron chi connectivity index (χ2n) is 6.43. The van der Waals surface area contributed by atoms with Crippen LogP contribution in [0.3, 0.4) is 0 Å². The predicted octanol–water partition coefficient (Wildman–Crippen LogP) is 5.18. The third-order valence-electron chi connectivity index (χ3n) is 4.21. The number of rotatable bonds is 7. The number of nitrogens with one attached hydrogen (secondary N) is 2. The van der Waals surface area contributed by atoms with Gasteiger partial charge in [-0.3, -0.25) is 4.79 Å². The molecule has 0 fully saturated rings. The third kappa shape index (κ3) is 5.97. The summed E-state index contributed by atoms with van der Waals surface area (Å²) in [6.07, 6.45) is 0.137. The minimum Gasteiger partial charge on any atom is -0.323 e. The maximum atomic E-state index is 13.0. The van der Waals surface area contributed by atoms with Crippen LogP contribution in [0.1, 0.15) is 5.56 Å². The van der Waals surface area contributed by atoms with Crippen molar-refractivity contribution in [3.63, 3.8) is 0 Å². The SMILES string of the molecule is O=C(Nc1cc(Cl)ccc1Cl)C(Cc1ccccc1)NS(=O)(=O)c1ccc(Cl)cc1. The van der Waals surface area contributed by atoms with Crippen molar-refractivity contribution in [2.45, 2.75) is 17.4 Å². The Labute approximate surface area is 190 Å². The van der Waals surface area contributed by atoms with E-state index in [0.717, 1.165) is 5.56 Å². The highest BCUT2D eigenvalue weighted by molar-refractivity contribution is 7.89. The van der Waals surface area contributed by atoms with Gasteiger partial charge in [-0.25, -0.2) is 8.42 Å². The number of halogens is 3. The summed E-state index contributed by atoms with van der Waals surface area (Å²) in [4.78, 5) is 13.0. The Kier molecular flexibility index (Phi) is 7.39. The minimum atomic E-state index is -3.98. The molecule has 2 N–H and O–H groups in total. The van der Waals surface area contributed by atoms with Crippen LogP contribution < -0.4 is 10.0 Å². The summed E-state index contributed by atoms with van der Waals surface area (Å²) in [5, 5.41) is 3.73. The van der Waals surface area contributed by atoms with Gasteiger partial charge in [-0.1, -0.05) is 65.1 Å². The van der Waals surface area contributed by atoms with Crippen LogP contribution in [-0.4, -0.2) is 20.4 Å². The Morgan fingerprint density at radius 2 is 1.50 bits per heavy atom. The quantitative estimate of drug-likeness (QED) is 0.486. The molecule has 156 valence electrons. The highest BCUT2D eigenvalue weighted by Gasteiger charge is 2.26. The van der Waals surface area contributed by atoms with Gasteiger partial charge in [0.1, 0.15) is 6.04 Å². The topological polar surface area (TPSA) is 75.3 Å². The Morgan fingerprint density at radius 3 is 2.17 bits per heavy atom. The van der Waals surface area contributed by atoms with Crippen molar-refractivity contribution in [2.75, 3.05) is 5.32 Å². The van der Waals surface area contributed by atoms with Gasteiger partial charge < -0.3 is 5.32 Å². The summed E-state index contributed by atoms with van der Waals surface area (Å²) >= 11 is 17.9. The zero-order valence-corrected chi connectivity index (χ0v) is 18.6. The van der Waals surface area contributed by atoms with Crippen molar-refractivity contribution in [2.24, 2.45) is 0 Å². The molecule has 0 aliphatic heterocycles. The van der Waals surface area contributed by atoms with Crippen molar-refractivity contribution in [3.05, 3.63) is 93.4 Å². The highest BCUT2D eigenvalue weighted by Crippen LogP contribution is 2.26. The molecule has 1 atom stereocenters. The number of benzene rings is 3. The van der Waals surface area contributed by atoms with E-state index in [0.29, 0.717) is 10.0 Å². The van der Waals surface area contributed by atoms with Crippen LogP contribution in [0.15, 0.2) is 77.7 Å². The predicted molar refractivity (Wildman–Crippen MR) is 121 cm³/mol. The van der Waals surface area contributed by atoms with Gasteiger partial charge in [0, 0.05) is 10.0 Å². The fourth-order valence-corrected chi connectivity index (χ4v) is 4.38. The number of hydrogen-bond acceptors (Lipinski definition) is 3. The summed E-state index contributed by atoms with van der Waals surface area (Å²) in [5.74, 6) is -0.569. The molecule has 3 rings (SSSR count). The van der Waals surface area contributed by atoms with Crippen molar-refractivity contribution < 1.29 is 13.2 Å². The van der Waals surface area contributed by atoms with Crippen LogP contribution in [0.5, 0.6) is 0 Å². The van der Waals surface area contributed by atoms with E-state index in [1.54, 1.807) is 12.1 Å². The zero-order valence-electron chi connectivity index (χ0n) is 15.5. The summed E-state index contributed by atoms with van der Waals surface area (Å²) < 4.78 is 28.2. The molecule has 0 bridgehead atoms. The van der Waals surface area contributed by atoms with E-state index in [1.165, 1.54) is 30.3 Å². The van der Waals surface area contributed by atoms with E-state index in [2.05, 4.69) is 10.0 Å². The van der Waals surface area contributed by atoms with Crippen LogP contribution in [0.25, 0.3) is 0 Å². The smallest absolute Gasteiger partial charge is 0.242 e. The summed E-state index contributed by atoms with van der Waals surface area (Å²) in [7, 11) is -3.98. The normalized spacial score (nSPS) is 12.4. The standard InChI is InChI=1S/C21H17Cl3N2O3S/c22-15-6-9-17(10-7-15)30(28,29)26-20(12-14-4-2-1-3-5-14)21(27)25-19-13-16(23)8-11-18(19)24/h1-11,13,20,26H,12H2,(H,25,27). The largest absolute Gasteiger partial charge is 0.323 e. The van der Waals surface area contributed by atoms with E-state index in [1.807, 2.05) is 30.3 Å². The summed E-state index contributed by atoms with van der Waals surface area (Å²) in [5.41, 5.74) is 1.08. The summed E-state index contributed by atoms with van der Waals surface area (Å²) in [6, 6.07) is 18.3. The van der Waals surface area contributed by atoms with Gasteiger partial charge in [-0.2, -0.15) is 4.72 Å². The first-order valence-corrected chi connectivity index (χ1v) is 11.4. The fourth-order valence-electron chi connectivity index (χ4n) is 2.72. The van der Waals surface area contributed by atoms with Crippen molar-refractivity contribution in [3.8, 4) is 0 Å². The molecular formula is C21H17Cl3N2O3S. The van der Waals surface area contributed by atoms with Gasteiger partial charge in [0.05, 0.1) is 15.6 Å². The number of amides is 1. The molecule has 0 saturated carbocycles. The molecular weight excluding hydrogens is 467 g/mol. The first kappa shape index (κ1) is 22.6. The van der Waals surface area contributed by atoms with E-state index in [4.69, 9.17) is 34.8 Å². The molecule has 3 aromatic carbocycles. The molecule has 0 heterocycles. The molecule has 5 nitrogen and oxygen atoms in total. The molecule has 0 aromatic heterocycles. The molecule has 0 aliphatic rings. The van der Waals surface area contributed by atoms with Crippen molar-refractivity contribution in [1.82, 2.24) is 4.72 Å². The minimum absolute atomic E-state index is 0.00134. The number of carbonyl (C=O) groups is 1. The average molecular weight is 484 g/mol. The van der Waals surface area contributed by atoms with Gasteiger partial charge in [0.2, 0.25) is 15.9 Å². The molecule has 3 aromatic rings. The fraction of sp³-hybridized carbons (Fsp3) is 0.0952. The lowest BCUT2D eigenvalue weighted by Crippen LogP contribution is -2.45. The zero-order chi connectivity index (χ0) is 21.7. The van der Waals surface area contributed by atoms with Gasteiger partial charge in [-0.15, -0.1) is 0 Å². The Morgan fingerprint density at radius 1 is 0.867 bits per heavy atom. The molecule has 1 unspecified atom stereocenters. The maximum absolute atomic E-state index is 13.0. The van der Waals surface area contributed by atoms with Crippen LogP contribution in [0.2, 0.25) is 15.1 Å². The molecule has 1 amide bonds. The summed E-state index contributed by atoms with van der Waals surface area (Å²) in [6.45, 7) is 0. The molecule has 0 radical (unpaired) electrons.